The number of hydrogen-bond acceptors (Lipinski definition) is 2. The molecule has 0 radical (unpaired) electrons. The van der Waals surface area contributed by atoms with E-state index in [4.69, 9.17) is 4.74 Å². The van der Waals surface area contributed by atoms with E-state index in [-0.39, 0.29) is 0 Å². The largest absolute Gasteiger partial charge is 0.454 e. The van der Waals surface area contributed by atoms with Crippen LogP contribution in [0.5, 0.6) is 5.75 Å². The number of benzene rings is 1. The van der Waals surface area contributed by atoms with Crippen LogP contribution in [0, 0.1) is 0 Å². The molecule has 0 saturated carbocycles. The number of rotatable bonds is 1. The molecule has 1 unspecified atom stereocenters. The van der Waals surface area contributed by atoms with Gasteiger partial charge in [-0.25, -0.2) is 0 Å². The Kier molecular flexibility index (Phi) is 2.31. The zero-order valence-electron chi connectivity index (χ0n) is 9.03. The summed E-state index contributed by atoms with van der Waals surface area (Å²) in [7, 11) is 0. The molecule has 0 bridgehead atoms. The van der Waals surface area contributed by atoms with Gasteiger partial charge in [-0.1, -0.05) is 18.2 Å². The standard InChI is InChI=1S/C13H14FNO/c14-13-11(15-7-3-4-8-15)9-10-5-1-2-6-12(10)16-13/h1-2,5-6,9,13H,3-4,7-8H2. The van der Waals surface area contributed by atoms with E-state index in [1.807, 2.05) is 24.3 Å². The number of para-hydroxylation sites is 1. The van der Waals surface area contributed by atoms with Gasteiger partial charge < -0.3 is 9.64 Å². The lowest BCUT2D eigenvalue weighted by Crippen LogP contribution is -2.30. The van der Waals surface area contributed by atoms with Crippen molar-refractivity contribution in [2.24, 2.45) is 0 Å². The molecule has 3 rings (SSSR count). The number of halogens is 1. The molecular weight excluding hydrogens is 205 g/mol. The Morgan fingerprint density at radius 3 is 2.75 bits per heavy atom. The van der Waals surface area contributed by atoms with Crippen molar-refractivity contribution in [3.8, 4) is 5.75 Å². The lowest BCUT2D eigenvalue weighted by atomic mass is 10.1. The van der Waals surface area contributed by atoms with Crippen LogP contribution in [0.3, 0.4) is 0 Å². The second kappa shape index (κ2) is 3.81. The van der Waals surface area contributed by atoms with E-state index < -0.39 is 6.36 Å². The van der Waals surface area contributed by atoms with Gasteiger partial charge in [0.15, 0.2) is 0 Å². The fraction of sp³-hybridized carbons (Fsp3) is 0.385. The first kappa shape index (κ1) is 9.70. The van der Waals surface area contributed by atoms with Gasteiger partial charge >= 0.3 is 0 Å². The summed E-state index contributed by atoms with van der Waals surface area (Å²) in [4.78, 5) is 2.08. The molecule has 0 amide bonds. The third-order valence-electron chi connectivity index (χ3n) is 3.16. The van der Waals surface area contributed by atoms with Gasteiger partial charge in [-0.05, 0) is 25.0 Å². The van der Waals surface area contributed by atoms with Gasteiger partial charge in [-0.2, -0.15) is 4.39 Å². The predicted molar refractivity (Wildman–Crippen MR) is 60.8 cm³/mol. The van der Waals surface area contributed by atoms with Crippen LogP contribution < -0.4 is 4.74 Å². The Morgan fingerprint density at radius 2 is 1.94 bits per heavy atom. The van der Waals surface area contributed by atoms with E-state index in [0.29, 0.717) is 11.4 Å². The summed E-state index contributed by atoms with van der Waals surface area (Å²) in [5, 5.41) is 0. The highest BCUT2D eigenvalue weighted by Crippen LogP contribution is 2.32. The zero-order chi connectivity index (χ0) is 11.0. The number of hydrogen-bond donors (Lipinski definition) is 0. The van der Waals surface area contributed by atoms with E-state index in [1.165, 1.54) is 0 Å². The predicted octanol–water partition coefficient (Wildman–Crippen LogP) is 2.81. The Balaban J connectivity index is 1.96. The van der Waals surface area contributed by atoms with Crippen LogP contribution in [0.25, 0.3) is 6.08 Å². The van der Waals surface area contributed by atoms with Crippen LogP contribution in [0.2, 0.25) is 0 Å². The topological polar surface area (TPSA) is 12.5 Å². The van der Waals surface area contributed by atoms with Gasteiger partial charge in [-0.15, -0.1) is 0 Å². The van der Waals surface area contributed by atoms with Crippen LogP contribution >= 0.6 is 0 Å². The molecule has 2 heterocycles. The van der Waals surface area contributed by atoms with E-state index in [0.717, 1.165) is 31.5 Å². The molecule has 0 aliphatic carbocycles. The minimum Gasteiger partial charge on any atom is -0.454 e. The Labute approximate surface area is 94.3 Å². The van der Waals surface area contributed by atoms with Crippen molar-refractivity contribution in [1.29, 1.82) is 0 Å². The van der Waals surface area contributed by atoms with Crippen LogP contribution in [-0.4, -0.2) is 24.3 Å². The second-order valence-electron chi connectivity index (χ2n) is 4.24. The Morgan fingerprint density at radius 1 is 1.19 bits per heavy atom. The summed E-state index contributed by atoms with van der Waals surface area (Å²) in [5.41, 5.74) is 1.65. The smallest absolute Gasteiger partial charge is 0.278 e. The Hall–Kier alpha value is -1.51. The summed E-state index contributed by atoms with van der Waals surface area (Å²) >= 11 is 0. The number of ether oxygens (including phenoxy) is 1. The van der Waals surface area contributed by atoms with Crippen molar-refractivity contribution >= 4 is 6.08 Å². The zero-order valence-corrected chi connectivity index (χ0v) is 9.03. The average Bonchev–Trinajstić information content (AvgIpc) is 2.81. The molecule has 16 heavy (non-hydrogen) atoms. The minimum absolute atomic E-state index is 0.637. The molecule has 2 aliphatic heterocycles. The van der Waals surface area contributed by atoms with Crippen LogP contribution in [-0.2, 0) is 0 Å². The molecule has 0 N–H and O–H groups in total. The summed E-state index contributed by atoms with van der Waals surface area (Å²) < 4.78 is 19.1. The van der Waals surface area contributed by atoms with Gasteiger partial charge in [0.05, 0.1) is 5.70 Å². The molecule has 0 aromatic heterocycles. The quantitative estimate of drug-likeness (QED) is 0.720. The lowest BCUT2D eigenvalue weighted by Gasteiger charge is -2.28. The minimum atomic E-state index is -1.31. The van der Waals surface area contributed by atoms with Gasteiger partial charge in [0, 0.05) is 18.7 Å². The van der Waals surface area contributed by atoms with Gasteiger partial charge in [0.1, 0.15) is 5.75 Å². The molecule has 84 valence electrons. The van der Waals surface area contributed by atoms with Crippen LogP contribution in [0.1, 0.15) is 18.4 Å². The molecule has 2 nitrogen and oxygen atoms in total. The second-order valence-corrected chi connectivity index (χ2v) is 4.24. The van der Waals surface area contributed by atoms with Crippen molar-refractivity contribution in [2.75, 3.05) is 13.1 Å². The first-order valence-corrected chi connectivity index (χ1v) is 5.71. The van der Waals surface area contributed by atoms with Gasteiger partial charge in [-0.3, -0.25) is 0 Å². The van der Waals surface area contributed by atoms with Gasteiger partial charge in [0.2, 0.25) is 0 Å². The van der Waals surface area contributed by atoms with E-state index in [1.54, 1.807) is 6.07 Å². The third kappa shape index (κ3) is 1.56. The molecule has 0 spiro atoms. The molecule has 1 atom stereocenters. The SMILES string of the molecule is FC1Oc2ccccc2C=C1N1CCCC1. The highest BCUT2D eigenvalue weighted by molar-refractivity contribution is 5.62. The molecule has 3 heteroatoms. The maximum absolute atomic E-state index is 13.8. The van der Waals surface area contributed by atoms with Crippen molar-refractivity contribution in [3.05, 3.63) is 35.5 Å². The fourth-order valence-corrected chi connectivity index (χ4v) is 2.31. The molecular formula is C13H14FNO. The normalized spacial score (nSPS) is 23.7. The van der Waals surface area contributed by atoms with Crippen LogP contribution in [0.4, 0.5) is 4.39 Å². The van der Waals surface area contributed by atoms with Crippen molar-refractivity contribution in [1.82, 2.24) is 4.90 Å². The number of fused-ring (bicyclic) bond motifs is 1. The van der Waals surface area contributed by atoms with Gasteiger partial charge in [0.25, 0.3) is 6.36 Å². The monoisotopic (exact) mass is 219 g/mol. The van der Waals surface area contributed by atoms with E-state index in [2.05, 4.69) is 4.90 Å². The third-order valence-corrected chi connectivity index (χ3v) is 3.16. The molecule has 1 saturated heterocycles. The fourth-order valence-electron chi connectivity index (χ4n) is 2.31. The van der Waals surface area contributed by atoms with Crippen molar-refractivity contribution in [2.45, 2.75) is 19.2 Å². The lowest BCUT2D eigenvalue weighted by molar-refractivity contribution is 0.0725. The Bertz CT molecular complexity index is 424. The maximum Gasteiger partial charge on any atom is 0.278 e. The van der Waals surface area contributed by atoms with E-state index >= 15 is 0 Å². The summed E-state index contributed by atoms with van der Waals surface area (Å²) in [6.07, 6.45) is 2.89. The van der Waals surface area contributed by atoms with Crippen molar-refractivity contribution < 1.29 is 9.13 Å². The molecule has 1 aromatic carbocycles. The van der Waals surface area contributed by atoms with Crippen LogP contribution in [0.15, 0.2) is 30.0 Å². The summed E-state index contributed by atoms with van der Waals surface area (Å²) in [6, 6.07) is 7.57. The van der Waals surface area contributed by atoms with Crippen molar-refractivity contribution in [3.63, 3.8) is 0 Å². The first-order valence-electron chi connectivity index (χ1n) is 5.71. The number of alkyl halides is 1. The number of likely N-dealkylation sites (tertiary alicyclic amines) is 1. The maximum atomic E-state index is 13.8. The molecule has 1 fully saturated rings. The van der Waals surface area contributed by atoms with E-state index in [9.17, 15) is 4.39 Å². The summed E-state index contributed by atoms with van der Waals surface area (Å²) in [6.45, 7) is 1.88. The highest BCUT2D eigenvalue weighted by Gasteiger charge is 2.27. The first-order chi connectivity index (χ1) is 7.84. The molecule has 2 aliphatic rings. The average molecular weight is 219 g/mol. The number of nitrogens with zero attached hydrogens (tertiary/aromatic N) is 1. The molecule has 1 aromatic rings. The highest BCUT2D eigenvalue weighted by atomic mass is 19.1. The summed E-state index contributed by atoms with van der Waals surface area (Å²) in [5.74, 6) is 0.637.